The molecule has 136 valence electrons. The van der Waals surface area contributed by atoms with Gasteiger partial charge in [-0.25, -0.2) is 0 Å². The Morgan fingerprint density at radius 2 is 0.962 bits per heavy atom. The molecule has 2 heteroatoms. The van der Waals surface area contributed by atoms with Gasteiger partial charge in [0.1, 0.15) is 0 Å². The number of carbonyl (C=O) groups excluding carboxylic acids is 2. The molecule has 0 unspecified atom stereocenters. The SMILES string of the molecule is CC(C)Cc1ccc(C(=O)/C=C/C(=O)c2ccc(CC(C)C)cc2)cc1. The molecule has 0 aromatic heterocycles. The van der Waals surface area contributed by atoms with E-state index in [1.54, 1.807) is 0 Å². The molecule has 0 bridgehead atoms. The average molecular weight is 348 g/mol. The molecule has 2 nitrogen and oxygen atoms in total. The van der Waals surface area contributed by atoms with Crippen molar-refractivity contribution in [1.29, 1.82) is 0 Å². The van der Waals surface area contributed by atoms with E-state index in [4.69, 9.17) is 0 Å². The fourth-order valence-corrected chi connectivity index (χ4v) is 2.90. The predicted molar refractivity (Wildman–Crippen MR) is 108 cm³/mol. The van der Waals surface area contributed by atoms with Crippen LogP contribution in [0, 0.1) is 11.8 Å². The van der Waals surface area contributed by atoms with Crippen LogP contribution in [0.5, 0.6) is 0 Å². The van der Waals surface area contributed by atoms with Crippen molar-refractivity contribution < 1.29 is 9.59 Å². The molecule has 0 aliphatic heterocycles. The molecule has 26 heavy (non-hydrogen) atoms. The van der Waals surface area contributed by atoms with Gasteiger partial charge in [-0.05, 0) is 48.0 Å². The summed E-state index contributed by atoms with van der Waals surface area (Å²) in [5, 5.41) is 0. The zero-order chi connectivity index (χ0) is 19.1. The van der Waals surface area contributed by atoms with Gasteiger partial charge in [0.15, 0.2) is 11.6 Å². The smallest absolute Gasteiger partial charge is 0.185 e. The van der Waals surface area contributed by atoms with E-state index in [1.165, 1.54) is 23.3 Å². The van der Waals surface area contributed by atoms with Crippen molar-refractivity contribution in [2.45, 2.75) is 40.5 Å². The van der Waals surface area contributed by atoms with Crippen LogP contribution in [0.25, 0.3) is 0 Å². The standard InChI is InChI=1S/C24H28O2/c1-17(2)15-19-5-9-21(10-6-19)23(25)13-14-24(26)22-11-7-20(8-12-22)16-18(3)4/h5-14,17-18H,15-16H2,1-4H3/b14-13+. The molecule has 0 amide bonds. The molecule has 0 fully saturated rings. The maximum Gasteiger partial charge on any atom is 0.185 e. The van der Waals surface area contributed by atoms with Gasteiger partial charge in [0.25, 0.3) is 0 Å². The van der Waals surface area contributed by atoms with Gasteiger partial charge >= 0.3 is 0 Å². The quantitative estimate of drug-likeness (QED) is 0.452. The van der Waals surface area contributed by atoms with Crippen molar-refractivity contribution in [3.05, 3.63) is 82.9 Å². The average Bonchev–Trinajstić information content (AvgIpc) is 2.59. The van der Waals surface area contributed by atoms with E-state index in [0.29, 0.717) is 23.0 Å². The van der Waals surface area contributed by atoms with E-state index < -0.39 is 0 Å². The van der Waals surface area contributed by atoms with E-state index in [-0.39, 0.29) is 11.6 Å². The lowest BCUT2D eigenvalue weighted by molar-refractivity contribution is 0.102. The Morgan fingerprint density at radius 3 is 1.23 bits per heavy atom. The Morgan fingerprint density at radius 1 is 0.654 bits per heavy atom. The first kappa shape index (κ1) is 19.8. The van der Waals surface area contributed by atoms with E-state index in [2.05, 4.69) is 27.7 Å². The second-order valence-corrected chi connectivity index (χ2v) is 7.65. The molecule has 0 atom stereocenters. The fraction of sp³-hybridized carbons (Fsp3) is 0.333. The largest absolute Gasteiger partial charge is 0.289 e. The van der Waals surface area contributed by atoms with Crippen LogP contribution in [0.3, 0.4) is 0 Å². The summed E-state index contributed by atoms with van der Waals surface area (Å²) < 4.78 is 0. The van der Waals surface area contributed by atoms with Crippen LogP contribution in [-0.2, 0) is 12.8 Å². The van der Waals surface area contributed by atoms with Crippen molar-refractivity contribution in [2.24, 2.45) is 11.8 Å². The van der Waals surface area contributed by atoms with Gasteiger partial charge in [0.2, 0.25) is 0 Å². The van der Waals surface area contributed by atoms with Crippen LogP contribution >= 0.6 is 0 Å². The monoisotopic (exact) mass is 348 g/mol. The molecule has 0 aliphatic rings. The van der Waals surface area contributed by atoms with Gasteiger partial charge in [-0.1, -0.05) is 76.2 Å². The highest BCUT2D eigenvalue weighted by Crippen LogP contribution is 2.12. The number of allylic oxidation sites excluding steroid dienone is 2. The third-order valence-electron chi connectivity index (χ3n) is 4.15. The van der Waals surface area contributed by atoms with Crippen LogP contribution in [-0.4, -0.2) is 11.6 Å². The number of carbonyl (C=O) groups is 2. The van der Waals surface area contributed by atoms with Crippen LogP contribution in [0.15, 0.2) is 60.7 Å². The summed E-state index contributed by atoms with van der Waals surface area (Å²) in [6.07, 6.45) is 4.72. The zero-order valence-corrected chi connectivity index (χ0v) is 16.2. The minimum atomic E-state index is -0.147. The minimum absolute atomic E-state index is 0.147. The van der Waals surface area contributed by atoms with Crippen molar-refractivity contribution in [3.63, 3.8) is 0 Å². The van der Waals surface area contributed by atoms with Crippen LogP contribution in [0.1, 0.15) is 59.5 Å². The first-order valence-corrected chi connectivity index (χ1v) is 9.29. The second-order valence-electron chi connectivity index (χ2n) is 7.65. The number of benzene rings is 2. The summed E-state index contributed by atoms with van der Waals surface area (Å²) in [5.41, 5.74) is 3.65. The molecule has 2 aromatic rings. The summed E-state index contributed by atoms with van der Waals surface area (Å²) in [6.45, 7) is 8.68. The summed E-state index contributed by atoms with van der Waals surface area (Å²) in [4.78, 5) is 24.5. The van der Waals surface area contributed by atoms with Gasteiger partial charge in [0.05, 0.1) is 0 Å². The lowest BCUT2D eigenvalue weighted by Gasteiger charge is -2.05. The van der Waals surface area contributed by atoms with Crippen molar-refractivity contribution in [1.82, 2.24) is 0 Å². The highest BCUT2D eigenvalue weighted by atomic mass is 16.1. The normalized spacial score (nSPS) is 11.5. The molecule has 0 spiro atoms. The Labute approximate surface area is 157 Å². The minimum Gasteiger partial charge on any atom is -0.289 e. The molecule has 0 N–H and O–H groups in total. The van der Waals surface area contributed by atoms with Gasteiger partial charge in [0, 0.05) is 11.1 Å². The Kier molecular flexibility index (Phi) is 7.08. The predicted octanol–water partition coefficient (Wildman–Crippen LogP) is 5.71. The number of hydrogen-bond acceptors (Lipinski definition) is 2. The molecule has 2 rings (SSSR count). The Bertz CT molecular complexity index is 695. The van der Waals surface area contributed by atoms with E-state index in [9.17, 15) is 9.59 Å². The zero-order valence-electron chi connectivity index (χ0n) is 16.2. The lowest BCUT2D eigenvalue weighted by atomic mass is 9.99. The molecular weight excluding hydrogens is 320 g/mol. The number of hydrogen-bond donors (Lipinski definition) is 0. The maximum atomic E-state index is 12.3. The second kappa shape index (κ2) is 9.28. The van der Waals surface area contributed by atoms with Crippen molar-refractivity contribution >= 4 is 11.6 Å². The third kappa shape index (κ3) is 6.11. The number of rotatable bonds is 8. The maximum absolute atomic E-state index is 12.3. The van der Waals surface area contributed by atoms with E-state index in [1.807, 2.05) is 48.5 Å². The summed E-state index contributed by atoms with van der Waals surface area (Å²) in [6, 6.07) is 15.2. The molecule has 2 aromatic carbocycles. The summed E-state index contributed by atoms with van der Waals surface area (Å²) in [7, 11) is 0. The van der Waals surface area contributed by atoms with Gasteiger partial charge < -0.3 is 0 Å². The third-order valence-corrected chi connectivity index (χ3v) is 4.15. The van der Waals surface area contributed by atoms with Crippen LogP contribution < -0.4 is 0 Å². The van der Waals surface area contributed by atoms with Crippen LogP contribution in [0.2, 0.25) is 0 Å². The summed E-state index contributed by atoms with van der Waals surface area (Å²) in [5.74, 6) is 0.874. The van der Waals surface area contributed by atoms with Crippen molar-refractivity contribution in [2.75, 3.05) is 0 Å². The first-order chi connectivity index (χ1) is 12.3. The summed E-state index contributed by atoms with van der Waals surface area (Å²) >= 11 is 0. The molecular formula is C24H28O2. The number of ketones is 2. The van der Waals surface area contributed by atoms with Gasteiger partial charge in [-0.3, -0.25) is 9.59 Å². The van der Waals surface area contributed by atoms with E-state index >= 15 is 0 Å². The molecule has 0 radical (unpaired) electrons. The Balaban J connectivity index is 1.99. The highest BCUT2D eigenvalue weighted by molar-refractivity contribution is 6.11. The van der Waals surface area contributed by atoms with E-state index in [0.717, 1.165) is 12.8 Å². The van der Waals surface area contributed by atoms with Crippen LogP contribution in [0.4, 0.5) is 0 Å². The lowest BCUT2D eigenvalue weighted by Crippen LogP contribution is -2.00. The first-order valence-electron chi connectivity index (χ1n) is 9.29. The molecule has 0 aliphatic carbocycles. The van der Waals surface area contributed by atoms with Crippen molar-refractivity contribution in [3.8, 4) is 0 Å². The Hall–Kier alpha value is -2.48. The highest BCUT2D eigenvalue weighted by Gasteiger charge is 2.06. The molecule has 0 saturated carbocycles. The topological polar surface area (TPSA) is 34.1 Å². The fourth-order valence-electron chi connectivity index (χ4n) is 2.90. The molecule has 0 saturated heterocycles. The van der Waals surface area contributed by atoms with Gasteiger partial charge in [-0.2, -0.15) is 0 Å². The molecule has 0 heterocycles. The van der Waals surface area contributed by atoms with Gasteiger partial charge in [-0.15, -0.1) is 0 Å².